The first-order valence-corrected chi connectivity index (χ1v) is 7.61. The maximum atomic E-state index is 11.9. The number of nitrogen functional groups attached to an aromatic ring is 1. The Bertz CT molecular complexity index is 567. The Morgan fingerprint density at radius 3 is 2.42 bits per heavy atom. The molecule has 19 heavy (non-hydrogen) atoms. The lowest BCUT2D eigenvalue weighted by atomic mass is 10.1. The number of rotatable bonds is 5. The summed E-state index contributed by atoms with van der Waals surface area (Å²) in [6.45, 7) is 3.53. The Kier molecular flexibility index (Phi) is 4.54. The fraction of sp³-hybridized carbons (Fsp3) is 0.417. The van der Waals surface area contributed by atoms with Crippen LogP contribution in [-0.2, 0) is 10.0 Å². The van der Waals surface area contributed by atoms with E-state index >= 15 is 0 Å². The number of nitrogens with one attached hydrogen (secondary N) is 2. The minimum atomic E-state index is -3.33. The Morgan fingerprint density at radius 2 is 1.89 bits per heavy atom. The number of carbonyl (C=O) groups excluding carboxylic acids is 1. The van der Waals surface area contributed by atoms with Gasteiger partial charge in [0.1, 0.15) is 0 Å². The minimum Gasteiger partial charge on any atom is -0.398 e. The summed E-state index contributed by atoms with van der Waals surface area (Å²) in [6, 6.07) is 6.70. The van der Waals surface area contributed by atoms with E-state index in [1.807, 2.05) is 0 Å². The van der Waals surface area contributed by atoms with E-state index in [-0.39, 0.29) is 12.5 Å². The fourth-order valence-electron chi connectivity index (χ4n) is 1.64. The van der Waals surface area contributed by atoms with Crippen molar-refractivity contribution in [3.05, 3.63) is 29.8 Å². The number of para-hydroxylation sites is 1. The summed E-state index contributed by atoms with van der Waals surface area (Å²) in [7, 11) is -3.33. The monoisotopic (exact) mass is 285 g/mol. The van der Waals surface area contributed by atoms with Crippen molar-refractivity contribution in [1.82, 2.24) is 10.0 Å². The summed E-state index contributed by atoms with van der Waals surface area (Å²) >= 11 is 0. The van der Waals surface area contributed by atoms with Gasteiger partial charge in [-0.15, -0.1) is 0 Å². The van der Waals surface area contributed by atoms with E-state index in [1.54, 1.807) is 38.1 Å². The van der Waals surface area contributed by atoms with E-state index in [2.05, 4.69) is 10.0 Å². The van der Waals surface area contributed by atoms with Crippen molar-refractivity contribution in [3.8, 4) is 0 Å². The molecule has 7 heteroatoms. The topological polar surface area (TPSA) is 101 Å². The summed E-state index contributed by atoms with van der Waals surface area (Å²) < 4.78 is 24.8. The summed E-state index contributed by atoms with van der Waals surface area (Å²) in [5.74, 6) is -0.332. The third-order valence-corrected chi connectivity index (χ3v) is 3.28. The van der Waals surface area contributed by atoms with E-state index in [9.17, 15) is 13.2 Å². The van der Waals surface area contributed by atoms with Crippen LogP contribution in [0.15, 0.2) is 24.3 Å². The Morgan fingerprint density at radius 1 is 1.32 bits per heavy atom. The number of hydrogen-bond donors (Lipinski definition) is 3. The molecule has 0 saturated heterocycles. The number of benzene rings is 1. The zero-order chi connectivity index (χ0) is 14.7. The zero-order valence-corrected chi connectivity index (χ0v) is 12.0. The van der Waals surface area contributed by atoms with Gasteiger partial charge in [-0.3, -0.25) is 4.79 Å². The second kappa shape index (κ2) is 5.58. The van der Waals surface area contributed by atoms with Gasteiger partial charge >= 0.3 is 0 Å². The average Bonchev–Trinajstić information content (AvgIpc) is 2.23. The molecule has 106 valence electrons. The molecular weight excluding hydrogens is 266 g/mol. The molecule has 1 aromatic carbocycles. The highest BCUT2D eigenvalue weighted by Gasteiger charge is 2.23. The maximum Gasteiger partial charge on any atom is 0.253 e. The van der Waals surface area contributed by atoms with Gasteiger partial charge < -0.3 is 11.1 Å². The smallest absolute Gasteiger partial charge is 0.253 e. The van der Waals surface area contributed by atoms with Crippen LogP contribution in [0.4, 0.5) is 5.69 Å². The Labute approximate surface area is 113 Å². The summed E-state index contributed by atoms with van der Waals surface area (Å²) in [6.07, 6.45) is 1.08. The van der Waals surface area contributed by atoms with Gasteiger partial charge in [0.2, 0.25) is 10.0 Å². The molecule has 4 N–H and O–H groups in total. The van der Waals surface area contributed by atoms with E-state index in [1.165, 1.54) is 0 Å². The molecule has 0 saturated carbocycles. The molecular formula is C12H19N3O3S. The quantitative estimate of drug-likeness (QED) is 0.678. The molecule has 0 aliphatic carbocycles. The highest BCUT2D eigenvalue weighted by atomic mass is 32.2. The minimum absolute atomic E-state index is 0.160. The van der Waals surface area contributed by atoms with Crippen molar-refractivity contribution >= 4 is 21.6 Å². The lowest BCUT2D eigenvalue weighted by molar-refractivity contribution is 0.0945. The summed E-state index contributed by atoms with van der Waals surface area (Å²) in [5, 5.41) is 2.66. The fourth-order valence-corrected chi connectivity index (χ4v) is 2.71. The Balaban J connectivity index is 2.67. The van der Waals surface area contributed by atoms with E-state index in [4.69, 9.17) is 5.73 Å². The van der Waals surface area contributed by atoms with Crippen LogP contribution < -0.4 is 15.8 Å². The molecule has 1 aromatic rings. The molecule has 0 aromatic heterocycles. The van der Waals surface area contributed by atoms with Gasteiger partial charge in [0, 0.05) is 17.8 Å². The van der Waals surface area contributed by atoms with Gasteiger partial charge in [0.15, 0.2) is 0 Å². The molecule has 0 radical (unpaired) electrons. The standard InChI is InChI=1S/C12H19N3O3S/c1-12(2,15-19(3,17)18)8-14-11(16)9-6-4-5-7-10(9)13/h4-7,15H,8,13H2,1-3H3,(H,14,16). The lowest BCUT2D eigenvalue weighted by Crippen LogP contribution is -2.51. The SMILES string of the molecule is CC(C)(CNC(=O)c1ccccc1N)NS(C)(=O)=O. The normalized spacial score (nSPS) is 12.2. The van der Waals surface area contributed by atoms with Gasteiger partial charge in [-0.2, -0.15) is 0 Å². The van der Waals surface area contributed by atoms with Crippen molar-refractivity contribution in [1.29, 1.82) is 0 Å². The van der Waals surface area contributed by atoms with Crippen LogP contribution in [0.1, 0.15) is 24.2 Å². The first-order chi connectivity index (χ1) is 8.61. The molecule has 0 fully saturated rings. The van der Waals surface area contributed by atoms with Crippen LogP contribution in [0.3, 0.4) is 0 Å². The molecule has 0 unspecified atom stereocenters. The third kappa shape index (κ3) is 5.27. The van der Waals surface area contributed by atoms with Crippen molar-refractivity contribution in [2.24, 2.45) is 0 Å². The average molecular weight is 285 g/mol. The van der Waals surface area contributed by atoms with E-state index in [0.29, 0.717) is 11.3 Å². The maximum absolute atomic E-state index is 11.9. The molecule has 6 nitrogen and oxygen atoms in total. The number of carbonyl (C=O) groups is 1. The molecule has 0 bridgehead atoms. The van der Waals surface area contributed by atoms with Gasteiger partial charge in [-0.25, -0.2) is 13.1 Å². The number of anilines is 1. The zero-order valence-electron chi connectivity index (χ0n) is 11.2. The van der Waals surface area contributed by atoms with Gasteiger partial charge in [0.25, 0.3) is 5.91 Å². The first-order valence-electron chi connectivity index (χ1n) is 5.72. The van der Waals surface area contributed by atoms with Crippen LogP contribution in [-0.4, -0.2) is 32.7 Å². The summed E-state index contributed by atoms with van der Waals surface area (Å²) in [4.78, 5) is 11.9. The van der Waals surface area contributed by atoms with Crippen LogP contribution in [0, 0.1) is 0 Å². The lowest BCUT2D eigenvalue weighted by Gasteiger charge is -2.25. The van der Waals surface area contributed by atoms with E-state index < -0.39 is 15.6 Å². The van der Waals surface area contributed by atoms with Crippen LogP contribution >= 0.6 is 0 Å². The van der Waals surface area contributed by atoms with Gasteiger partial charge in [-0.05, 0) is 26.0 Å². The van der Waals surface area contributed by atoms with Crippen LogP contribution in [0.2, 0.25) is 0 Å². The predicted molar refractivity (Wildman–Crippen MR) is 75.2 cm³/mol. The molecule has 0 aliphatic heterocycles. The van der Waals surface area contributed by atoms with Crippen LogP contribution in [0.25, 0.3) is 0 Å². The highest BCUT2D eigenvalue weighted by molar-refractivity contribution is 7.88. The molecule has 0 spiro atoms. The first kappa shape index (κ1) is 15.5. The number of sulfonamides is 1. The van der Waals surface area contributed by atoms with Crippen LogP contribution in [0.5, 0.6) is 0 Å². The predicted octanol–water partition coefficient (Wildman–Crippen LogP) is 0.326. The van der Waals surface area contributed by atoms with Crippen molar-refractivity contribution < 1.29 is 13.2 Å². The number of amides is 1. The second-order valence-corrected chi connectivity index (χ2v) is 6.78. The Hall–Kier alpha value is -1.60. The van der Waals surface area contributed by atoms with E-state index in [0.717, 1.165) is 6.26 Å². The molecule has 1 amide bonds. The van der Waals surface area contributed by atoms with Crippen molar-refractivity contribution in [3.63, 3.8) is 0 Å². The van der Waals surface area contributed by atoms with Gasteiger partial charge in [-0.1, -0.05) is 12.1 Å². The largest absolute Gasteiger partial charge is 0.398 e. The third-order valence-electron chi connectivity index (χ3n) is 2.36. The second-order valence-electron chi connectivity index (χ2n) is 5.03. The van der Waals surface area contributed by atoms with Crippen molar-refractivity contribution in [2.75, 3.05) is 18.5 Å². The molecule has 0 heterocycles. The molecule has 1 rings (SSSR count). The molecule has 0 aliphatic rings. The number of nitrogens with two attached hydrogens (primary N) is 1. The van der Waals surface area contributed by atoms with Gasteiger partial charge in [0.05, 0.1) is 11.8 Å². The summed E-state index contributed by atoms with van der Waals surface area (Å²) in [5.41, 5.74) is 5.68. The molecule has 0 atom stereocenters. The highest BCUT2D eigenvalue weighted by Crippen LogP contribution is 2.10. The number of hydrogen-bond acceptors (Lipinski definition) is 4. The van der Waals surface area contributed by atoms with Crippen molar-refractivity contribution in [2.45, 2.75) is 19.4 Å².